The molecule has 2 aromatic heterocycles. The minimum atomic E-state index is -0.249. The molecule has 0 spiro atoms. The molecule has 5 rings (SSSR count). The van der Waals surface area contributed by atoms with Crippen LogP contribution in [0.2, 0.25) is 0 Å². The quantitative estimate of drug-likeness (QED) is 0.381. The molecule has 1 aliphatic heterocycles. The van der Waals surface area contributed by atoms with Gasteiger partial charge >= 0.3 is 0 Å². The summed E-state index contributed by atoms with van der Waals surface area (Å²) in [6.07, 6.45) is 4.81. The lowest BCUT2D eigenvalue weighted by Gasteiger charge is -2.27. The fraction of sp³-hybridized carbons (Fsp3) is 0.167. The van der Waals surface area contributed by atoms with Gasteiger partial charge < -0.3 is 9.88 Å². The number of amides is 1. The van der Waals surface area contributed by atoms with Gasteiger partial charge in [-0.1, -0.05) is 18.2 Å². The highest BCUT2D eigenvalue weighted by atomic mass is 32.2. The third-order valence-corrected chi connectivity index (χ3v) is 7.20. The van der Waals surface area contributed by atoms with Gasteiger partial charge in [0.05, 0.1) is 16.8 Å². The van der Waals surface area contributed by atoms with Crippen molar-refractivity contribution < 1.29 is 9.18 Å². The molecular weight excluding hydrogens is 429 g/mol. The maximum atomic E-state index is 13.5. The first-order valence-electron chi connectivity index (χ1n) is 10.0. The number of aromatic nitrogens is 2. The van der Waals surface area contributed by atoms with E-state index in [-0.39, 0.29) is 11.7 Å². The fourth-order valence-electron chi connectivity index (χ4n) is 3.86. The first kappa shape index (κ1) is 20.0. The number of hydrogen-bond donors (Lipinski definition) is 1. The second kappa shape index (κ2) is 8.69. The number of carbonyl (C=O) groups excluding carboxylic acids is 1. The number of benzene rings is 2. The highest BCUT2D eigenvalue weighted by Crippen LogP contribution is 2.31. The number of thioether (sulfide) groups is 1. The van der Waals surface area contributed by atoms with Crippen molar-refractivity contribution >= 4 is 45.5 Å². The number of fused-ring (bicyclic) bond motifs is 1. The molecule has 0 radical (unpaired) electrons. The molecule has 0 fully saturated rings. The highest BCUT2D eigenvalue weighted by Gasteiger charge is 2.22. The van der Waals surface area contributed by atoms with Crippen molar-refractivity contribution in [1.29, 1.82) is 0 Å². The molecular formula is C24H20FN3OS2. The molecule has 0 bridgehead atoms. The van der Waals surface area contributed by atoms with Crippen molar-refractivity contribution in [2.24, 2.45) is 0 Å². The Labute approximate surface area is 187 Å². The summed E-state index contributed by atoms with van der Waals surface area (Å²) in [5.41, 5.74) is 6.66. The molecule has 0 atom stereocenters. The smallest absolute Gasteiger partial charge is 0.255 e. The van der Waals surface area contributed by atoms with Crippen molar-refractivity contribution in [2.75, 3.05) is 13.1 Å². The van der Waals surface area contributed by atoms with E-state index in [1.54, 1.807) is 23.1 Å². The maximum Gasteiger partial charge on any atom is 0.255 e. The highest BCUT2D eigenvalue weighted by molar-refractivity contribution is 7.98. The Bertz CT molecular complexity index is 1260. The minimum absolute atomic E-state index is 0.0534. The van der Waals surface area contributed by atoms with Crippen LogP contribution < -0.4 is 0 Å². The van der Waals surface area contributed by atoms with Gasteiger partial charge in [-0.2, -0.15) is 0 Å². The molecule has 156 valence electrons. The third-order valence-electron chi connectivity index (χ3n) is 5.46. The topological polar surface area (TPSA) is 49.0 Å². The van der Waals surface area contributed by atoms with E-state index in [2.05, 4.69) is 16.0 Å². The van der Waals surface area contributed by atoms with Crippen LogP contribution in [-0.4, -0.2) is 33.9 Å². The van der Waals surface area contributed by atoms with Crippen LogP contribution in [-0.2, 0) is 5.75 Å². The number of rotatable bonds is 5. The molecule has 1 aliphatic rings. The number of halogens is 1. The van der Waals surface area contributed by atoms with Crippen LogP contribution in [0.5, 0.6) is 0 Å². The molecule has 0 unspecified atom stereocenters. The molecule has 1 N–H and O–H groups in total. The van der Waals surface area contributed by atoms with E-state index in [4.69, 9.17) is 0 Å². The maximum absolute atomic E-state index is 13.5. The summed E-state index contributed by atoms with van der Waals surface area (Å²) < 4.78 is 13.5. The van der Waals surface area contributed by atoms with Crippen LogP contribution in [0, 0.1) is 5.82 Å². The lowest BCUT2D eigenvalue weighted by Crippen LogP contribution is -2.34. The summed E-state index contributed by atoms with van der Waals surface area (Å²) >= 11 is 3.23. The van der Waals surface area contributed by atoms with Crippen LogP contribution in [0.25, 0.3) is 16.5 Å². The first-order chi connectivity index (χ1) is 15.2. The number of hydrogen-bond acceptors (Lipinski definition) is 4. The average Bonchev–Trinajstić information content (AvgIpc) is 3.47. The molecule has 31 heavy (non-hydrogen) atoms. The van der Waals surface area contributed by atoms with E-state index in [0.29, 0.717) is 13.1 Å². The zero-order chi connectivity index (χ0) is 21.2. The van der Waals surface area contributed by atoms with Gasteiger partial charge in [0.15, 0.2) is 0 Å². The Morgan fingerprint density at radius 1 is 1.26 bits per heavy atom. The SMILES string of the molecule is O=C(c1ccccc1SCc1cscn1)N1CC=C(c2c[nH]c3cc(F)ccc23)CC1. The number of thiazole rings is 1. The van der Waals surface area contributed by atoms with E-state index >= 15 is 0 Å². The molecule has 0 aliphatic carbocycles. The molecule has 4 nitrogen and oxygen atoms in total. The van der Waals surface area contributed by atoms with E-state index in [1.165, 1.54) is 17.7 Å². The van der Waals surface area contributed by atoms with Gasteiger partial charge in [0.25, 0.3) is 5.91 Å². The molecule has 2 aromatic carbocycles. The lowest BCUT2D eigenvalue weighted by atomic mass is 9.98. The monoisotopic (exact) mass is 449 g/mol. The fourth-order valence-corrected chi connectivity index (χ4v) is 5.47. The Kier molecular flexibility index (Phi) is 5.61. The van der Waals surface area contributed by atoms with E-state index in [1.807, 2.05) is 52.3 Å². The second-order valence-electron chi connectivity index (χ2n) is 7.39. The predicted octanol–water partition coefficient (Wildman–Crippen LogP) is 5.99. The standard InChI is InChI=1S/C24H20FN3OS2/c25-17-5-6-19-21(12-26-22(19)11-17)16-7-9-28(10-8-16)24(29)20-3-1-2-4-23(20)31-14-18-13-30-15-27-18/h1-7,11-13,15,26H,8-10,14H2. The average molecular weight is 450 g/mol. The summed E-state index contributed by atoms with van der Waals surface area (Å²) in [4.78, 5) is 23.6. The largest absolute Gasteiger partial charge is 0.360 e. The summed E-state index contributed by atoms with van der Waals surface area (Å²) in [6, 6.07) is 12.6. The van der Waals surface area contributed by atoms with Gasteiger partial charge in [0.1, 0.15) is 5.82 Å². The lowest BCUT2D eigenvalue weighted by molar-refractivity contribution is 0.0769. The summed E-state index contributed by atoms with van der Waals surface area (Å²) in [5, 5.41) is 3.05. The van der Waals surface area contributed by atoms with Crippen molar-refractivity contribution in [2.45, 2.75) is 17.1 Å². The Hall–Kier alpha value is -2.90. The summed E-state index contributed by atoms with van der Waals surface area (Å²) in [5.74, 6) is 0.554. The number of nitrogens with one attached hydrogen (secondary N) is 1. The third kappa shape index (κ3) is 4.16. The van der Waals surface area contributed by atoms with Crippen LogP contribution in [0.3, 0.4) is 0 Å². The number of nitrogens with zero attached hydrogens (tertiary/aromatic N) is 2. The summed E-state index contributed by atoms with van der Waals surface area (Å²) in [7, 11) is 0. The van der Waals surface area contributed by atoms with Crippen molar-refractivity contribution in [3.63, 3.8) is 0 Å². The molecule has 1 amide bonds. The second-order valence-corrected chi connectivity index (χ2v) is 9.12. The van der Waals surface area contributed by atoms with E-state index < -0.39 is 0 Å². The number of aromatic amines is 1. The molecule has 4 aromatic rings. The zero-order valence-corrected chi connectivity index (χ0v) is 18.3. The Morgan fingerprint density at radius 3 is 2.97 bits per heavy atom. The van der Waals surface area contributed by atoms with Gasteiger partial charge in [-0.15, -0.1) is 23.1 Å². The van der Waals surface area contributed by atoms with Crippen molar-refractivity contribution in [1.82, 2.24) is 14.9 Å². The predicted molar refractivity (Wildman–Crippen MR) is 125 cm³/mol. The van der Waals surface area contributed by atoms with Crippen molar-refractivity contribution in [3.05, 3.63) is 88.3 Å². The summed E-state index contributed by atoms with van der Waals surface area (Å²) in [6.45, 7) is 1.22. The van der Waals surface area contributed by atoms with Crippen LogP contribution >= 0.6 is 23.1 Å². The van der Waals surface area contributed by atoms with Gasteiger partial charge in [-0.3, -0.25) is 4.79 Å². The number of H-pyrrole nitrogens is 1. The first-order valence-corrected chi connectivity index (χ1v) is 12.0. The van der Waals surface area contributed by atoms with Crippen molar-refractivity contribution in [3.8, 4) is 0 Å². The molecule has 0 saturated carbocycles. The van der Waals surface area contributed by atoms with E-state index in [9.17, 15) is 9.18 Å². The van der Waals surface area contributed by atoms with Crippen LogP contribution in [0.1, 0.15) is 28.0 Å². The van der Waals surface area contributed by atoms with Gasteiger partial charge in [0, 0.05) is 51.8 Å². The minimum Gasteiger partial charge on any atom is -0.360 e. The van der Waals surface area contributed by atoms with E-state index in [0.717, 1.165) is 44.8 Å². The Morgan fingerprint density at radius 2 is 2.16 bits per heavy atom. The molecule has 0 saturated heterocycles. The van der Waals surface area contributed by atoms with Gasteiger partial charge in [-0.25, -0.2) is 9.37 Å². The van der Waals surface area contributed by atoms with Gasteiger partial charge in [0.2, 0.25) is 0 Å². The Balaban J connectivity index is 1.32. The zero-order valence-electron chi connectivity index (χ0n) is 16.7. The van der Waals surface area contributed by atoms with Gasteiger partial charge in [-0.05, 0) is 42.3 Å². The molecule has 7 heteroatoms. The van der Waals surface area contributed by atoms with Crippen LogP contribution in [0.4, 0.5) is 4.39 Å². The normalized spacial score (nSPS) is 14.1. The van der Waals surface area contributed by atoms with Crippen LogP contribution in [0.15, 0.2) is 70.5 Å². The molecule has 3 heterocycles. The number of carbonyl (C=O) groups is 1.